The predicted octanol–water partition coefficient (Wildman–Crippen LogP) is 7.05. The molecule has 0 radical (unpaired) electrons. The van der Waals surface area contributed by atoms with E-state index in [1.807, 2.05) is 42.7 Å². The highest BCUT2D eigenvalue weighted by Crippen LogP contribution is 2.60. The molecule has 0 spiro atoms. The van der Waals surface area contributed by atoms with Crippen LogP contribution in [0.4, 0.5) is 5.69 Å². The highest BCUT2D eigenvalue weighted by Gasteiger charge is 2.53. The average molecular weight is 606 g/mol. The van der Waals surface area contributed by atoms with Crippen molar-refractivity contribution in [2.45, 2.75) is 62.0 Å². The Morgan fingerprint density at radius 2 is 1.89 bits per heavy atom. The fourth-order valence-corrected chi connectivity index (χ4v) is 7.71. The van der Waals surface area contributed by atoms with E-state index in [0.29, 0.717) is 0 Å². The summed E-state index contributed by atoms with van der Waals surface area (Å²) in [4.78, 5) is 29.0. The molecular weight excluding hydrogens is 578 g/mol. The van der Waals surface area contributed by atoms with Crippen LogP contribution in [0.5, 0.6) is 0 Å². The van der Waals surface area contributed by atoms with E-state index in [9.17, 15) is 4.79 Å². The highest BCUT2D eigenvalue weighted by atomic mass is 127. The molecule has 1 aromatic carbocycles. The Morgan fingerprint density at radius 3 is 2.78 bits per heavy atom. The number of pyridine rings is 2. The maximum atomic E-state index is 14.1. The number of aromatic nitrogens is 3. The number of fused-ring (bicyclic) bond motifs is 3. The molecule has 4 aromatic rings. The molecule has 0 saturated carbocycles. The second kappa shape index (κ2) is 9.86. The number of benzene rings is 1. The SMILES string of the molecule is O=C(Nc1ccccc1-c1nc2cc(I)cnc2s1)C12BC(Cc3ccccn3)(CCCCC1)CC2. The molecule has 1 amide bonds. The lowest BCUT2D eigenvalue weighted by molar-refractivity contribution is -0.119. The van der Waals surface area contributed by atoms with Crippen molar-refractivity contribution in [2.24, 2.45) is 0 Å². The Kier molecular flexibility index (Phi) is 6.58. The third kappa shape index (κ3) is 4.70. The number of carbonyl (C=O) groups excluding carboxylic acids is 1. The maximum absolute atomic E-state index is 14.1. The van der Waals surface area contributed by atoms with Gasteiger partial charge in [-0.2, -0.15) is 0 Å². The van der Waals surface area contributed by atoms with Gasteiger partial charge in [0.1, 0.15) is 22.6 Å². The molecule has 182 valence electrons. The molecule has 2 saturated heterocycles. The number of para-hydroxylation sites is 1. The summed E-state index contributed by atoms with van der Waals surface area (Å²) in [6, 6.07) is 16.3. The highest BCUT2D eigenvalue weighted by molar-refractivity contribution is 14.1. The Bertz CT molecular complexity index is 1410. The molecule has 0 aliphatic carbocycles. The Balaban J connectivity index is 1.28. The molecule has 36 heavy (non-hydrogen) atoms. The van der Waals surface area contributed by atoms with Gasteiger partial charge in [-0.3, -0.25) is 9.78 Å². The van der Waals surface area contributed by atoms with Crippen molar-refractivity contribution in [2.75, 3.05) is 5.32 Å². The second-order valence-electron chi connectivity index (χ2n) is 10.5. The molecule has 2 bridgehead atoms. The van der Waals surface area contributed by atoms with Crippen LogP contribution in [0, 0.1) is 3.57 Å². The number of carbonyl (C=O) groups is 1. The van der Waals surface area contributed by atoms with Gasteiger partial charge >= 0.3 is 0 Å². The summed E-state index contributed by atoms with van der Waals surface area (Å²) in [6.45, 7) is 0. The molecule has 6 rings (SSSR count). The molecule has 2 aliphatic rings. The van der Waals surface area contributed by atoms with Gasteiger partial charge in [-0.1, -0.05) is 61.6 Å². The van der Waals surface area contributed by atoms with Crippen LogP contribution in [0.2, 0.25) is 10.6 Å². The Hall–Kier alpha value is -2.33. The first kappa shape index (κ1) is 24.0. The largest absolute Gasteiger partial charge is 0.326 e. The van der Waals surface area contributed by atoms with Crippen molar-refractivity contribution in [1.29, 1.82) is 0 Å². The molecule has 5 nitrogen and oxygen atoms in total. The molecular formula is C28H28BIN4OS. The molecule has 8 heteroatoms. The van der Waals surface area contributed by atoms with E-state index >= 15 is 0 Å². The summed E-state index contributed by atoms with van der Waals surface area (Å²) >= 11 is 3.84. The van der Waals surface area contributed by atoms with E-state index < -0.39 is 0 Å². The molecule has 1 N–H and O–H groups in total. The van der Waals surface area contributed by atoms with Crippen LogP contribution in [0.3, 0.4) is 0 Å². The monoisotopic (exact) mass is 606 g/mol. The van der Waals surface area contributed by atoms with Crippen LogP contribution in [-0.4, -0.2) is 28.1 Å². The zero-order chi connectivity index (χ0) is 24.6. The average Bonchev–Trinajstić information content (AvgIpc) is 3.47. The van der Waals surface area contributed by atoms with Gasteiger partial charge in [0.2, 0.25) is 5.91 Å². The second-order valence-corrected chi connectivity index (χ2v) is 12.7. The predicted molar refractivity (Wildman–Crippen MR) is 157 cm³/mol. The van der Waals surface area contributed by atoms with E-state index in [2.05, 4.69) is 56.1 Å². The van der Waals surface area contributed by atoms with Crippen LogP contribution >= 0.6 is 33.9 Å². The molecule has 2 unspecified atom stereocenters. The first-order valence-electron chi connectivity index (χ1n) is 12.8. The normalized spacial score (nSPS) is 23.6. The van der Waals surface area contributed by atoms with E-state index in [0.717, 1.165) is 75.3 Å². The van der Waals surface area contributed by atoms with Gasteiger partial charge in [-0.25, -0.2) is 9.97 Å². The number of rotatable bonds is 5. The van der Waals surface area contributed by atoms with Crippen molar-refractivity contribution in [1.82, 2.24) is 15.0 Å². The van der Waals surface area contributed by atoms with Crippen LogP contribution in [0.25, 0.3) is 20.9 Å². The minimum Gasteiger partial charge on any atom is -0.326 e. The van der Waals surface area contributed by atoms with Gasteiger partial charge in [-0.05, 0) is 77.5 Å². The van der Waals surface area contributed by atoms with Gasteiger partial charge in [0.25, 0.3) is 0 Å². The summed E-state index contributed by atoms with van der Waals surface area (Å²) in [7, 11) is 0.952. The van der Waals surface area contributed by atoms with Crippen LogP contribution in [-0.2, 0) is 11.2 Å². The number of nitrogens with one attached hydrogen (secondary N) is 1. The van der Waals surface area contributed by atoms with Crippen molar-refractivity contribution in [3.63, 3.8) is 0 Å². The number of hydrogen-bond acceptors (Lipinski definition) is 5. The van der Waals surface area contributed by atoms with Crippen molar-refractivity contribution in [3.05, 3.63) is 70.2 Å². The third-order valence-electron chi connectivity index (χ3n) is 8.09. The lowest BCUT2D eigenvalue weighted by atomic mass is 9.40. The third-order valence-corrected chi connectivity index (χ3v) is 9.70. The zero-order valence-corrected chi connectivity index (χ0v) is 23.1. The standard InChI is InChI=1S/C28H28BIN4OS/c30-19-16-23-25(32-18-19)36-24(33-23)21-9-2-3-10-22(21)34-26(35)28-12-6-1-5-11-27(29-28,13-14-28)17-20-8-4-7-15-31-20/h2-4,7-10,15-16,18,29H,1,5-6,11-14,17H2,(H,34,35). The molecule has 2 fully saturated rings. The minimum atomic E-state index is -0.312. The summed E-state index contributed by atoms with van der Waals surface area (Å²) in [5, 5.41) is 4.12. The van der Waals surface area contributed by atoms with Gasteiger partial charge in [0.15, 0.2) is 0 Å². The van der Waals surface area contributed by atoms with Crippen LogP contribution in [0.15, 0.2) is 60.9 Å². The summed E-state index contributed by atoms with van der Waals surface area (Å²) in [5.41, 5.74) is 3.86. The first-order chi connectivity index (χ1) is 17.5. The lowest BCUT2D eigenvalue weighted by Gasteiger charge is -2.34. The molecule has 5 heterocycles. The number of thiazole rings is 1. The number of hydrogen-bond donors (Lipinski definition) is 1. The lowest BCUT2D eigenvalue weighted by Crippen LogP contribution is -2.36. The Morgan fingerprint density at radius 1 is 1.03 bits per heavy atom. The smallest absolute Gasteiger partial charge is 0.222 e. The van der Waals surface area contributed by atoms with Crippen molar-refractivity contribution in [3.8, 4) is 10.6 Å². The van der Waals surface area contributed by atoms with E-state index in [1.54, 1.807) is 11.3 Å². The topological polar surface area (TPSA) is 67.8 Å². The van der Waals surface area contributed by atoms with Gasteiger partial charge in [0, 0.05) is 32.5 Å². The molecule has 3 aromatic heterocycles. The number of nitrogens with zero attached hydrogens (tertiary/aromatic N) is 3. The number of anilines is 1. The Labute approximate surface area is 229 Å². The fourth-order valence-electron chi connectivity index (χ4n) is 6.35. The van der Waals surface area contributed by atoms with Crippen LogP contribution in [0.1, 0.15) is 50.6 Å². The zero-order valence-electron chi connectivity index (χ0n) is 20.2. The quantitative estimate of drug-likeness (QED) is 0.195. The number of amides is 1. The summed E-state index contributed by atoms with van der Waals surface area (Å²) in [5.74, 6) is 0.175. The molecule has 2 atom stereocenters. The minimum absolute atomic E-state index is 0.168. The van der Waals surface area contributed by atoms with E-state index in [4.69, 9.17) is 4.98 Å². The first-order valence-corrected chi connectivity index (χ1v) is 14.7. The van der Waals surface area contributed by atoms with Gasteiger partial charge < -0.3 is 5.32 Å². The van der Waals surface area contributed by atoms with Gasteiger partial charge in [0.05, 0.1) is 5.69 Å². The van der Waals surface area contributed by atoms with Crippen LogP contribution < -0.4 is 5.32 Å². The fraction of sp³-hybridized carbons (Fsp3) is 0.357. The summed E-state index contributed by atoms with van der Waals surface area (Å²) < 4.78 is 1.07. The maximum Gasteiger partial charge on any atom is 0.222 e. The van der Waals surface area contributed by atoms with E-state index in [-0.39, 0.29) is 16.5 Å². The number of halogens is 1. The molecule has 2 aliphatic heterocycles. The van der Waals surface area contributed by atoms with Crippen molar-refractivity contribution < 1.29 is 4.79 Å². The summed E-state index contributed by atoms with van der Waals surface area (Å²) in [6.07, 6.45) is 12.5. The van der Waals surface area contributed by atoms with E-state index in [1.165, 1.54) is 19.3 Å². The van der Waals surface area contributed by atoms with Gasteiger partial charge in [-0.15, -0.1) is 0 Å². The van der Waals surface area contributed by atoms with Crippen molar-refractivity contribution >= 4 is 63.1 Å².